The molecule has 5 heteroatoms. The number of H-pyrrole nitrogens is 1. The van der Waals surface area contributed by atoms with Gasteiger partial charge in [-0.15, -0.1) is 0 Å². The molecule has 1 unspecified atom stereocenters. The number of hydrogen-bond acceptors (Lipinski definition) is 4. The molecule has 3 N–H and O–H groups in total. The van der Waals surface area contributed by atoms with Crippen molar-refractivity contribution in [2.24, 2.45) is 5.73 Å². The molecule has 1 heterocycles. The Morgan fingerprint density at radius 1 is 1.53 bits per heavy atom. The van der Waals surface area contributed by atoms with Crippen molar-refractivity contribution in [1.29, 1.82) is 0 Å². The van der Waals surface area contributed by atoms with Gasteiger partial charge in [0.15, 0.2) is 5.58 Å². The lowest BCUT2D eigenvalue weighted by Gasteiger charge is -2.09. The van der Waals surface area contributed by atoms with Gasteiger partial charge in [0.2, 0.25) is 0 Å². The molecule has 15 heavy (non-hydrogen) atoms. The number of rotatable bonds is 3. The summed E-state index contributed by atoms with van der Waals surface area (Å²) in [5.74, 6) is 0.297. The minimum atomic E-state index is -0.440. The number of thiol groups is 1. The maximum absolute atomic E-state index is 10.9. The van der Waals surface area contributed by atoms with E-state index in [0.29, 0.717) is 11.1 Å². The van der Waals surface area contributed by atoms with E-state index in [9.17, 15) is 4.79 Å². The van der Waals surface area contributed by atoms with Crippen LogP contribution < -0.4 is 11.5 Å². The zero-order valence-corrected chi connectivity index (χ0v) is 8.96. The van der Waals surface area contributed by atoms with E-state index in [-0.39, 0.29) is 6.04 Å². The largest absolute Gasteiger partial charge is 0.417 e. The van der Waals surface area contributed by atoms with Crippen LogP contribution in [-0.2, 0) is 0 Å². The van der Waals surface area contributed by atoms with E-state index in [1.165, 1.54) is 0 Å². The van der Waals surface area contributed by atoms with Gasteiger partial charge in [0.05, 0.1) is 5.52 Å². The van der Waals surface area contributed by atoms with Gasteiger partial charge < -0.3 is 10.2 Å². The highest BCUT2D eigenvalue weighted by atomic mass is 32.1. The zero-order chi connectivity index (χ0) is 10.8. The number of aromatic nitrogens is 1. The van der Waals surface area contributed by atoms with Crippen LogP contribution in [0.15, 0.2) is 27.4 Å². The highest BCUT2D eigenvalue weighted by molar-refractivity contribution is 7.80. The predicted molar refractivity (Wildman–Crippen MR) is 62.2 cm³/mol. The fraction of sp³-hybridized carbons (Fsp3) is 0.300. The van der Waals surface area contributed by atoms with Crippen molar-refractivity contribution >= 4 is 23.7 Å². The van der Waals surface area contributed by atoms with Crippen molar-refractivity contribution in [1.82, 2.24) is 4.98 Å². The number of aromatic amines is 1. The molecule has 0 aliphatic rings. The summed E-state index contributed by atoms with van der Waals surface area (Å²) in [7, 11) is 0. The van der Waals surface area contributed by atoms with Crippen LogP contribution in [-0.4, -0.2) is 10.7 Å². The Kier molecular flexibility index (Phi) is 2.83. The first-order chi connectivity index (χ1) is 7.20. The number of fused-ring (bicyclic) bond motifs is 1. The lowest BCUT2D eigenvalue weighted by molar-refractivity contribution is 0.555. The first-order valence-electron chi connectivity index (χ1n) is 4.70. The minimum Gasteiger partial charge on any atom is -0.408 e. The summed E-state index contributed by atoms with van der Waals surface area (Å²) in [6.07, 6.45) is 0.802. The van der Waals surface area contributed by atoms with Crippen LogP contribution in [0.5, 0.6) is 0 Å². The highest BCUT2D eigenvalue weighted by Crippen LogP contribution is 2.19. The topological polar surface area (TPSA) is 72.0 Å². The van der Waals surface area contributed by atoms with Gasteiger partial charge in [0.25, 0.3) is 0 Å². The Labute approximate surface area is 91.9 Å². The molecule has 1 aromatic carbocycles. The molecule has 1 atom stereocenters. The third-order valence-electron chi connectivity index (χ3n) is 2.31. The van der Waals surface area contributed by atoms with Crippen LogP contribution in [0.3, 0.4) is 0 Å². The van der Waals surface area contributed by atoms with Gasteiger partial charge in [-0.05, 0) is 29.9 Å². The van der Waals surface area contributed by atoms with Crippen molar-refractivity contribution in [3.05, 3.63) is 34.3 Å². The molecule has 0 fully saturated rings. The molecule has 0 aliphatic carbocycles. The minimum absolute atomic E-state index is 0.0506. The second kappa shape index (κ2) is 4.12. The van der Waals surface area contributed by atoms with Crippen LogP contribution in [0, 0.1) is 0 Å². The third-order valence-corrected chi connectivity index (χ3v) is 2.57. The number of hydrogen-bond donors (Lipinski definition) is 3. The van der Waals surface area contributed by atoms with Gasteiger partial charge in [-0.25, -0.2) is 4.79 Å². The van der Waals surface area contributed by atoms with Gasteiger partial charge in [0, 0.05) is 6.04 Å². The number of nitrogens with two attached hydrogens (primary N) is 1. The van der Waals surface area contributed by atoms with Crippen molar-refractivity contribution in [2.75, 3.05) is 5.75 Å². The van der Waals surface area contributed by atoms with Crippen LogP contribution in [0.4, 0.5) is 0 Å². The van der Waals surface area contributed by atoms with Gasteiger partial charge in [0.1, 0.15) is 0 Å². The van der Waals surface area contributed by atoms with Gasteiger partial charge in [-0.3, -0.25) is 4.98 Å². The maximum atomic E-state index is 10.9. The average Bonchev–Trinajstić information content (AvgIpc) is 2.57. The van der Waals surface area contributed by atoms with Gasteiger partial charge >= 0.3 is 5.76 Å². The number of benzene rings is 1. The summed E-state index contributed by atoms with van der Waals surface area (Å²) in [5, 5.41) is 0. The summed E-state index contributed by atoms with van der Waals surface area (Å²) in [5.41, 5.74) is 8.16. The summed E-state index contributed by atoms with van der Waals surface area (Å²) in [6.45, 7) is 0. The smallest absolute Gasteiger partial charge is 0.408 e. The molecule has 2 rings (SSSR count). The zero-order valence-electron chi connectivity index (χ0n) is 8.06. The standard InChI is InChI=1S/C10H12N2O2S/c11-7(3-4-15)6-1-2-9-8(5-6)12-10(13)14-9/h1-2,5,7,15H,3-4,11H2,(H,12,13). The first-order valence-corrected chi connectivity index (χ1v) is 5.33. The third kappa shape index (κ3) is 2.08. The van der Waals surface area contributed by atoms with E-state index < -0.39 is 5.76 Å². The molecule has 2 aromatic rings. The quantitative estimate of drug-likeness (QED) is 0.691. The van der Waals surface area contributed by atoms with Crippen molar-refractivity contribution in [3.63, 3.8) is 0 Å². The molecule has 0 saturated heterocycles. The van der Waals surface area contributed by atoms with Crippen LogP contribution in [0.2, 0.25) is 0 Å². The molecule has 0 bridgehead atoms. The Bertz CT molecular complexity index is 517. The summed E-state index contributed by atoms with van der Waals surface area (Å²) in [6, 6.07) is 5.41. The van der Waals surface area contributed by atoms with E-state index in [1.54, 1.807) is 6.07 Å². The highest BCUT2D eigenvalue weighted by Gasteiger charge is 2.07. The molecular formula is C10H12N2O2S. The van der Waals surface area contributed by atoms with Gasteiger partial charge in [-0.1, -0.05) is 6.07 Å². The van der Waals surface area contributed by atoms with Crippen molar-refractivity contribution < 1.29 is 4.42 Å². The maximum Gasteiger partial charge on any atom is 0.417 e. The number of nitrogens with one attached hydrogen (secondary N) is 1. The predicted octanol–water partition coefficient (Wildman–Crippen LogP) is 1.44. The molecule has 0 amide bonds. The summed E-state index contributed by atoms with van der Waals surface area (Å²) < 4.78 is 4.90. The first kappa shape index (κ1) is 10.3. The summed E-state index contributed by atoms with van der Waals surface area (Å²) >= 11 is 4.13. The molecule has 80 valence electrons. The lowest BCUT2D eigenvalue weighted by atomic mass is 10.1. The Morgan fingerprint density at radius 3 is 3.07 bits per heavy atom. The van der Waals surface area contributed by atoms with Crippen LogP contribution in [0.25, 0.3) is 11.1 Å². The van der Waals surface area contributed by atoms with E-state index in [2.05, 4.69) is 17.6 Å². The van der Waals surface area contributed by atoms with Crippen molar-refractivity contribution in [3.8, 4) is 0 Å². The van der Waals surface area contributed by atoms with E-state index in [4.69, 9.17) is 10.2 Å². The fourth-order valence-electron chi connectivity index (χ4n) is 1.51. The second-order valence-corrected chi connectivity index (χ2v) is 3.84. The normalized spacial score (nSPS) is 13.2. The molecular weight excluding hydrogens is 212 g/mol. The van der Waals surface area contributed by atoms with Crippen LogP contribution >= 0.6 is 12.6 Å². The Morgan fingerprint density at radius 2 is 2.33 bits per heavy atom. The second-order valence-electron chi connectivity index (χ2n) is 3.39. The molecule has 0 radical (unpaired) electrons. The fourth-order valence-corrected chi connectivity index (χ4v) is 1.78. The molecule has 4 nitrogen and oxygen atoms in total. The SMILES string of the molecule is NC(CCS)c1ccc2oc(=O)[nH]c2c1. The van der Waals surface area contributed by atoms with E-state index >= 15 is 0 Å². The van der Waals surface area contributed by atoms with Crippen molar-refractivity contribution in [2.45, 2.75) is 12.5 Å². The van der Waals surface area contributed by atoms with Crippen LogP contribution in [0.1, 0.15) is 18.0 Å². The Balaban J connectivity index is 2.41. The number of oxazole rings is 1. The molecule has 1 aromatic heterocycles. The molecule has 0 spiro atoms. The van der Waals surface area contributed by atoms with E-state index in [0.717, 1.165) is 17.7 Å². The molecule has 0 aliphatic heterocycles. The lowest BCUT2D eigenvalue weighted by Crippen LogP contribution is -2.10. The van der Waals surface area contributed by atoms with E-state index in [1.807, 2.05) is 12.1 Å². The monoisotopic (exact) mass is 224 g/mol. The van der Waals surface area contributed by atoms with Gasteiger partial charge in [-0.2, -0.15) is 12.6 Å². The average molecular weight is 224 g/mol. The molecule has 0 saturated carbocycles. The Hall–Kier alpha value is -1.20. The summed E-state index contributed by atoms with van der Waals surface area (Å²) in [4.78, 5) is 13.5.